The maximum absolute atomic E-state index is 9.00. The monoisotopic (exact) mass is 324 g/mol. The number of hydrogen-bond acceptors (Lipinski definition) is 2. The Balaban J connectivity index is 0.000000361. The van der Waals surface area contributed by atoms with Gasteiger partial charge in [0.1, 0.15) is 0 Å². The van der Waals surface area contributed by atoms with E-state index in [9.17, 15) is 0 Å². The Morgan fingerprint density at radius 3 is 2.76 bits per heavy atom. The van der Waals surface area contributed by atoms with Gasteiger partial charge in [-0.15, -0.1) is 0 Å². The molecule has 3 heterocycles. The average Bonchev–Trinajstić information content (AvgIpc) is 2.74. The lowest BCUT2D eigenvalue weighted by Gasteiger charge is -2.16. The van der Waals surface area contributed by atoms with Crippen LogP contribution in [0.1, 0.15) is 19.0 Å². The van der Waals surface area contributed by atoms with E-state index in [1.165, 1.54) is 0 Å². The van der Waals surface area contributed by atoms with Gasteiger partial charge in [-0.1, -0.05) is 23.2 Å². The van der Waals surface area contributed by atoms with Crippen molar-refractivity contribution in [3.05, 3.63) is 46.3 Å². The summed E-state index contributed by atoms with van der Waals surface area (Å²) < 4.78 is 2.19. The number of fused-ring (bicyclic) bond motifs is 1. The summed E-state index contributed by atoms with van der Waals surface area (Å²) in [4.78, 5) is 13.1. The Morgan fingerprint density at radius 2 is 2.14 bits per heavy atom. The van der Waals surface area contributed by atoms with Crippen molar-refractivity contribution in [2.75, 3.05) is 0 Å². The second-order valence-corrected chi connectivity index (χ2v) is 5.41. The first-order valence-electron chi connectivity index (χ1n) is 6.34. The van der Waals surface area contributed by atoms with Crippen LogP contribution in [0.25, 0.3) is 17.3 Å². The number of allylic oxidation sites excluding steroid dienone is 1. The largest absolute Gasteiger partial charge is 0.481 e. The molecule has 0 unspecified atom stereocenters. The topological polar surface area (TPSA) is 55.1 Å². The van der Waals surface area contributed by atoms with Gasteiger partial charge in [-0.3, -0.25) is 9.78 Å². The van der Waals surface area contributed by atoms with E-state index in [0.29, 0.717) is 0 Å². The lowest BCUT2D eigenvalue weighted by Crippen LogP contribution is -2.06. The smallest absolute Gasteiger partial charge is 0.300 e. The fraction of sp³-hybridized carbons (Fsp3) is 0.200. The summed E-state index contributed by atoms with van der Waals surface area (Å²) >= 11 is 12.3. The predicted octanol–water partition coefficient (Wildman–Crippen LogP) is 4.28. The van der Waals surface area contributed by atoms with Crippen LogP contribution in [0.5, 0.6) is 0 Å². The van der Waals surface area contributed by atoms with E-state index >= 15 is 0 Å². The van der Waals surface area contributed by atoms with Crippen molar-refractivity contribution in [3.8, 4) is 11.3 Å². The standard InChI is InChI=1S/C13H10Cl2N2.C2H4O2/c14-10-3-5-17-11(6-10)7-12(15)13(17)9-2-1-4-16-8-9;1-2(3)4/h1-2,4,6-8H,3,5H2;1H3,(H,3,4). The van der Waals surface area contributed by atoms with E-state index < -0.39 is 5.97 Å². The van der Waals surface area contributed by atoms with Crippen molar-refractivity contribution in [1.82, 2.24) is 9.55 Å². The van der Waals surface area contributed by atoms with E-state index in [1.807, 2.05) is 30.5 Å². The van der Waals surface area contributed by atoms with Gasteiger partial charge in [-0.25, -0.2) is 0 Å². The molecule has 0 saturated carbocycles. The molecule has 3 rings (SSSR count). The first-order valence-corrected chi connectivity index (χ1v) is 7.09. The maximum atomic E-state index is 9.00. The number of hydrogen-bond donors (Lipinski definition) is 1. The van der Waals surface area contributed by atoms with Crippen LogP contribution in [0.4, 0.5) is 0 Å². The highest BCUT2D eigenvalue weighted by molar-refractivity contribution is 6.34. The molecule has 0 bridgehead atoms. The maximum Gasteiger partial charge on any atom is 0.300 e. The molecule has 2 aromatic heterocycles. The molecule has 1 aliphatic heterocycles. The molecule has 0 atom stereocenters. The summed E-state index contributed by atoms with van der Waals surface area (Å²) in [6, 6.07) is 5.88. The van der Waals surface area contributed by atoms with Gasteiger partial charge in [0.25, 0.3) is 5.97 Å². The van der Waals surface area contributed by atoms with Gasteiger partial charge in [-0.05, 0) is 24.3 Å². The molecule has 0 aromatic carbocycles. The normalized spacial score (nSPS) is 12.8. The van der Waals surface area contributed by atoms with E-state index in [0.717, 1.165) is 46.9 Å². The van der Waals surface area contributed by atoms with E-state index in [1.54, 1.807) is 6.20 Å². The summed E-state index contributed by atoms with van der Waals surface area (Å²) in [5.41, 5.74) is 3.12. The zero-order valence-corrected chi connectivity index (χ0v) is 12.9. The van der Waals surface area contributed by atoms with Crippen LogP contribution in [0.3, 0.4) is 0 Å². The summed E-state index contributed by atoms with van der Waals surface area (Å²) in [6.45, 7) is 1.95. The van der Waals surface area contributed by atoms with Crippen LogP contribution in [0.15, 0.2) is 35.6 Å². The van der Waals surface area contributed by atoms with Crippen molar-refractivity contribution < 1.29 is 9.90 Å². The molecule has 0 fully saturated rings. The number of aliphatic carboxylic acids is 1. The highest BCUT2D eigenvalue weighted by Crippen LogP contribution is 2.35. The second-order valence-electron chi connectivity index (χ2n) is 4.52. The number of nitrogens with zero attached hydrogens (tertiary/aromatic N) is 2. The Bertz CT molecular complexity index is 674. The van der Waals surface area contributed by atoms with Crippen LogP contribution in [0.2, 0.25) is 5.02 Å². The van der Waals surface area contributed by atoms with Gasteiger partial charge in [0.2, 0.25) is 0 Å². The molecule has 21 heavy (non-hydrogen) atoms. The summed E-state index contributed by atoms with van der Waals surface area (Å²) in [5, 5.41) is 9.04. The SMILES string of the molecule is CC(=O)O.ClC1=Cc2cc(Cl)c(-c3cccnc3)n2CC1. The molecule has 0 spiro atoms. The van der Waals surface area contributed by atoms with Crippen molar-refractivity contribution in [3.63, 3.8) is 0 Å². The van der Waals surface area contributed by atoms with Crippen molar-refractivity contribution in [2.45, 2.75) is 19.9 Å². The van der Waals surface area contributed by atoms with Gasteiger partial charge in [0, 0.05) is 48.6 Å². The summed E-state index contributed by atoms with van der Waals surface area (Å²) in [6.07, 6.45) is 6.41. The minimum Gasteiger partial charge on any atom is -0.481 e. The fourth-order valence-corrected chi connectivity index (χ4v) is 2.66. The summed E-state index contributed by atoms with van der Waals surface area (Å²) in [7, 11) is 0. The third-order valence-corrected chi connectivity index (χ3v) is 3.48. The quantitative estimate of drug-likeness (QED) is 0.851. The molecule has 0 aliphatic carbocycles. The number of aromatic nitrogens is 2. The highest BCUT2D eigenvalue weighted by Gasteiger charge is 2.17. The molecule has 0 radical (unpaired) electrons. The number of halogens is 2. The molecule has 110 valence electrons. The number of carboxylic acid groups (broad SMARTS) is 1. The number of carbonyl (C=O) groups is 1. The van der Waals surface area contributed by atoms with Crippen LogP contribution in [-0.2, 0) is 11.3 Å². The van der Waals surface area contributed by atoms with Crippen LogP contribution >= 0.6 is 23.2 Å². The molecular weight excluding hydrogens is 311 g/mol. The van der Waals surface area contributed by atoms with Crippen molar-refractivity contribution >= 4 is 35.2 Å². The minimum atomic E-state index is -0.833. The van der Waals surface area contributed by atoms with E-state index in [4.69, 9.17) is 33.1 Å². The molecule has 4 nitrogen and oxygen atoms in total. The molecular formula is C15H14Cl2N2O2. The van der Waals surface area contributed by atoms with Crippen LogP contribution in [0, 0.1) is 0 Å². The van der Waals surface area contributed by atoms with E-state index in [2.05, 4.69) is 9.55 Å². The average molecular weight is 325 g/mol. The Morgan fingerprint density at radius 1 is 1.43 bits per heavy atom. The molecule has 0 saturated heterocycles. The van der Waals surface area contributed by atoms with Crippen LogP contribution < -0.4 is 0 Å². The molecule has 1 N–H and O–H groups in total. The third kappa shape index (κ3) is 3.86. The Hall–Kier alpha value is -1.78. The molecule has 0 amide bonds. The minimum absolute atomic E-state index is 0.746. The van der Waals surface area contributed by atoms with Gasteiger partial charge in [-0.2, -0.15) is 0 Å². The molecule has 6 heteroatoms. The first-order chi connectivity index (χ1) is 9.99. The zero-order valence-electron chi connectivity index (χ0n) is 11.4. The van der Waals surface area contributed by atoms with Gasteiger partial charge in [0.15, 0.2) is 0 Å². The second kappa shape index (κ2) is 6.78. The van der Waals surface area contributed by atoms with E-state index in [-0.39, 0.29) is 0 Å². The lowest BCUT2D eigenvalue weighted by atomic mass is 10.2. The number of pyridine rings is 1. The van der Waals surface area contributed by atoms with Crippen LogP contribution in [-0.4, -0.2) is 20.6 Å². The zero-order chi connectivity index (χ0) is 15.4. The molecule has 2 aromatic rings. The first kappa shape index (κ1) is 15.6. The molecule has 1 aliphatic rings. The Labute approximate surface area is 132 Å². The summed E-state index contributed by atoms with van der Waals surface area (Å²) in [5.74, 6) is -0.833. The van der Waals surface area contributed by atoms with Gasteiger partial charge in [0.05, 0.1) is 10.7 Å². The fourth-order valence-electron chi connectivity index (χ4n) is 2.14. The Kier molecular flexibility index (Phi) is 5.04. The third-order valence-electron chi connectivity index (χ3n) is 2.90. The van der Waals surface area contributed by atoms with Crippen molar-refractivity contribution in [2.24, 2.45) is 0 Å². The van der Waals surface area contributed by atoms with Gasteiger partial charge >= 0.3 is 0 Å². The lowest BCUT2D eigenvalue weighted by molar-refractivity contribution is -0.134. The predicted molar refractivity (Wildman–Crippen MR) is 84.4 cm³/mol. The highest BCUT2D eigenvalue weighted by atomic mass is 35.5. The number of carboxylic acids is 1. The van der Waals surface area contributed by atoms with Crippen molar-refractivity contribution in [1.29, 1.82) is 0 Å². The number of rotatable bonds is 1. The van der Waals surface area contributed by atoms with Gasteiger partial charge < -0.3 is 9.67 Å².